The Hall–Kier alpha value is 0.430. The van der Waals surface area contributed by atoms with Crippen LogP contribution in [0.2, 0.25) is 0 Å². The van der Waals surface area contributed by atoms with Gasteiger partial charge in [0.15, 0.2) is 0 Å². The van der Waals surface area contributed by atoms with Crippen LogP contribution in [-0.2, 0) is 0 Å². The summed E-state index contributed by atoms with van der Waals surface area (Å²) in [4.78, 5) is 0. The zero-order valence-electron chi connectivity index (χ0n) is 16.0. The van der Waals surface area contributed by atoms with Crippen LogP contribution in [0.5, 0.6) is 0 Å². The van der Waals surface area contributed by atoms with E-state index in [4.69, 9.17) is 0 Å². The minimum absolute atomic E-state index is 1.19. The molecule has 0 N–H and O–H groups in total. The van der Waals surface area contributed by atoms with Crippen LogP contribution in [0, 0.1) is 5.92 Å². The van der Waals surface area contributed by atoms with E-state index in [0.29, 0.717) is 0 Å². The molecule has 0 spiro atoms. The molecule has 0 nitrogen and oxygen atoms in total. The van der Waals surface area contributed by atoms with Crippen molar-refractivity contribution in [2.45, 2.75) is 127 Å². The second-order valence-electron chi connectivity index (χ2n) is 9.50. The van der Waals surface area contributed by atoms with Gasteiger partial charge in [-0.25, -0.2) is 0 Å². The fourth-order valence-electron chi connectivity index (χ4n) is 6.97. The van der Waals surface area contributed by atoms with E-state index in [-0.39, 0.29) is 0 Å². The predicted molar refractivity (Wildman–Crippen MR) is 108 cm³/mol. The summed E-state index contributed by atoms with van der Waals surface area (Å²) in [5.74, 6) is 1.79. The summed E-state index contributed by atoms with van der Waals surface area (Å²) in [5, 5.41) is 0. The van der Waals surface area contributed by atoms with Crippen LogP contribution in [-0.4, -0.2) is 23.1 Å². The number of rotatable bonds is 5. The molecule has 1 radical (unpaired) electrons. The number of hydrogen-bond acceptors (Lipinski definition) is 0. The van der Waals surface area contributed by atoms with Crippen molar-refractivity contribution in [2.24, 2.45) is 0 Å². The maximum atomic E-state index is 2.47. The van der Waals surface area contributed by atoms with Crippen LogP contribution < -0.4 is 0 Å². The molecular weight excluding hydrogens is 295 g/mol. The van der Waals surface area contributed by atoms with Crippen molar-refractivity contribution in [3.05, 3.63) is 5.92 Å². The first-order valence-corrected chi connectivity index (χ1v) is 13.5. The Morgan fingerprint density at radius 1 is 0.565 bits per heavy atom. The molecule has 3 aliphatic carbocycles. The quantitative estimate of drug-likeness (QED) is 0.460. The van der Waals surface area contributed by atoms with Gasteiger partial charge in [0, 0.05) is 0 Å². The van der Waals surface area contributed by atoms with Gasteiger partial charge in [-0.05, 0) is 0 Å². The molecule has 3 aliphatic rings. The average molecular weight is 338 g/mol. The molecule has 0 amide bonds. The van der Waals surface area contributed by atoms with Crippen LogP contribution in [0.3, 0.4) is 0 Å². The van der Waals surface area contributed by atoms with Gasteiger partial charge in [-0.15, -0.1) is 0 Å². The molecule has 0 aliphatic heterocycles. The van der Waals surface area contributed by atoms with Gasteiger partial charge in [0.1, 0.15) is 0 Å². The summed E-state index contributed by atoms with van der Waals surface area (Å²) < 4.78 is 0. The van der Waals surface area contributed by atoms with Gasteiger partial charge in [0.2, 0.25) is 0 Å². The summed E-state index contributed by atoms with van der Waals surface area (Å²) in [6, 6.07) is 0. The normalized spacial score (nSPS) is 27.4. The van der Waals surface area contributed by atoms with Crippen molar-refractivity contribution in [1.82, 2.24) is 0 Å². The summed E-state index contributed by atoms with van der Waals surface area (Å²) in [6.45, 7) is 4.94. The SMILES string of the molecule is C[C](C)C[PH](C1CCCCC1)(C1CCCCC1)C1CCCCC1. The first-order chi connectivity index (χ1) is 11.2. The van der Waals surface area contributed by atoms with Gasteiger partial charge in [0.05, 0.1) is 0 Å². The Balaban J connectivity index is 1.91. The fourth-order valence-corrected chi connectivity index (χ4v) is 15.5. The first-order valence-electron chi connectivity index (χ1n) is 11.0. The molecule has 1 heteroatoms. The van der Waals surface area contributed by atoms with E-state index in [1.165, 1.54) is 36.2 Å². The van der Waals surface area contributed by atoms with Crippen LogP contribution in [0.15, 0.2) is 0 Å². The molecule has 23 heavy (non-hydrogen) atoms. The van der Waals surface area contributed by atoms with E-state index >= 15 is 0 Å². The van der Waals surface area contributed by atoms with Gasteiger partial charge in [-0.1, -0.05) is 0 Å². The van der Waals surface area contributed by atoms with Crippen molar-refractivity contribution in [3.8, 4) is 0 Å². The molecule has 3 rings (SSSR count). The Bertz CT molecular complexity index is 284. The molecular formula is C22H42P. The second-order valence-corrected chi connectivity index (χ2v) is 14.5. The van der Waals surface area contributed by atoms with Crippen molar-refractivity contribution >= 4 is 7.26 Å². The van der Waals surface area contributed by atoms with Crippen molar-refractivity contribution < 1.29 is 0 Å². The van der Waals surface area contributed by atoms with E-state index in [1.807, 2.05) is 0 Å². The second kappa shape index (κ2) is 8.69. The zero-order chi connectivity index (χ0) is 16.1. The summed E-state index contributed by atoms with van der Waals surface area (Å²) in [6.07, 6.45) is 25.3. The monoisotopic (exact) mass is 337 g/mol. The summed E-state index contributed by atoms with van der Waals surface area (Å²) >= 11 is 0. The molecule has 0 atom stereocenters. The topological polar surface area (TPSA) is 0 Å². The molecule has 3 saturated carbocycles. The Labute approximate surface area is 146 Å². The van der Waals surface area contributed by atoms with Gasteiger partial charge < -0.3 is 0 Å². The zero-order valence-corrected chi connectivity index (χ0v) is 17.0. The van der Waals surface area contributed by atoms with Crippen LogP contribution >= 0.6 is 7.26 Å². The van der Waals surface area contributed by atoms with Gasteiger partial charge in [-0.3, -0.25) is 0 Å². The third-order valence-corrected chi connectivity index (χ3v) is 15.4. The number of hydrogen-bond donors (Lipinski definition) is 0. The molecule has 3 fully saturated rings. The van der Waals surface area contributed by atoms with Gasteiger partial charge in [0.25, 0.3) is 0 Å². The third-order valence-electron chi connectivity index (χ3n) is 7.76. The van der Waals surface area contributed by atoms with Crippen molar-refractivity contribution in [2.75, 3.05) is 6.16 Å². The maximum absolute atomic E-state index is 2.47. The average Bonchev–Trinajstić information content (AvgIpc) is 2.62. The molecule has 0 aromatic rings. The molecule has 0 unspecified atom stereocenters. The van der Waals surface area contributed by atoms with Crippen LogP contribution in [0.25, 0.3) is 0 Å². The predicted octanol–water partition coefficient (Wildman–Crippen LogP) is 7.35. The Morgan fingerprint density at radius 3 is 1.13 bits per heavy atom. The Kier molecular flexibility index (Phi) is 6.89. The minimum atomic E-state index is -1.19. The summed E-state index contributed by atoms with van der Waals surface area (Å²) in [5.41, 5.74) is 3.58. The van der Waals surface area contributed by atoms with Crippen molar-refractivity contribution in [3.63, 3.8) is 0 Å². The molecule has 0 aromatic heterocycles. The Morgan fingerprint density at radius 2 is 0.870 bits per heavy atom. The van der Waals surface area contributed by atoms with Gasteiger partial charge >= 0.3 is 146 Å². The van der Waals surface area contributed by atoms with Crippen LogP contribution in [0.1, 0.15) is 110 Å². The molecule has 0 saturated heterocycles. The van der Waals surface area contributed by atoms with E-state index in [0.717, 1.165) is 0 Å². The molecule has 0 aromatic carbocycles. The van der Waals surface area contributed by atoms with E-state index in [1.54, 1.807) is 89.1 Å². The fraction of sp³-hybridized carbons (Fsp3) is 0.955. The van der Waals surface area contributed by atoms with Crippen molar-refractivity contribution in [1.29, 1.82) is 0 Å². The molecule has 0 heterocycles. The van der Waals surface area contributed by atoms with Crippen LogP contribution in [0.4, 0.5) is 0 Å². The van der Waals surface area contributed by atoms with E-state index < -0.39 is 7.26 Å². The summed E-state index contributed by atoms with van der Waals surface area (Å²) in [7, 11) is -1.19. The third kappa shape index (κ3) is 4.16. The van der Waals surface area contributed by atoms with E-state index in [9.17, 15) is 0 Å². The molecule has 135 valence electrons. The standard InChI is InChI=1S/C22H42P/c1-19(2)18-23(20-12-6-3-7-13-20,21-14-8-4-9-15-21)22-16-10-5-11-17-22/h20-23H,3-18H2,1-2H3. The first kappa shape index (κ1) is 18.2. The van der Waals surface area contributed by atoms with E-state index in [2.05, 4.69) is 13.8 Å². The molecule has 0 bridgehead atoms. The van der Waals surface area contributed by atoms with Gasteiger partial charge in [-0.2, -0.15) is 0 Å².